The Morgan fingerprint density at radius 1 is 0.926 bits per heavy atom. The summed E-state index contributed by atoms with van der Waals surface area (Å²) in [6, 6.07) is 15.9. The van der Waals surface area contributed by atoms with Crippen molar-refractivity contribution in [1.82, 2.24) is 9.88 Å². The molecule has 3 aromatic rings. The molecule has 3 N–H and O–H groups in total. The molecular formula is C20H15N3O4. The Morgan fingerprint density at radius 3 is 2.37 bits per heavy atom. The highest BCUT2D eigenvalue weighted by Gasteiger charge is 2.31. The van der Waals surface area contributed by atoms with Crippen LogP contribution < -0.4 is 21.3 Å². The molecule has 2 heterocycles. The highest BCUT2D eigenvalue weighted by Crippen LogP contribution is 2.26. The molecule has 1 aliphatic rings. The second-order valence-electron chi connectivity index (χ2n) is 6.05. The summed E-state index contributed by atoms with van der Waals surface area (Å²) in [5.74, 6) is -0.533. The molecule has 134 valence electrons. The van der Waals surface area contributed by atoms with Gasteiger partial charge in [-0.15, -0.1) is 0 Å². The van der Waals surface area contributed by atoms with Gasteiger partial charge >= 0.3 is 0 Å². The van der Waals surface area contributed by atoms with Crippen molar-refractivity contribution in [3.63, 3.8) is 0 Å². The molecule has 27 heavy (non-hydrogen) atoms. The average molecular weight is 361 g/mol. The molecule has 0 spiro atoms. The van der Waals surface area contributed by atoms with Gasteiger partial charge in [0.2, 0.25) is 0 Å². The maximum atomic E-state index is 12.5. The van der Waals surface area contributed by atoms with Crippen molar-refractivity contribution in [2.45, 2.75) is 0 Å². The van der Waals surface area contributed by atoms with Gasteiger partial charge in [0.1, 0.15) is 11.6 Å². The van der Waals surface area contributed by atoms with Crippen LogP contribution in [0.15, 0.2) is 59.4 Å². The van der Waals surface area contributed by atoms with Crippen molar-refractivity contribution in [2.75, 3.05) is 12.8 Å². The third-order valence-corrected chi connectivity index (χ3v) is 4.48. The summed E-state index contributed by atoms with van der Waals surface area (Å²) in [5.41, 5.74) is 7.98. The Bertz CT molecular complexity index is 1150. The Kier molecular flexibility index (Phi) is 3.77. The normalized spacial score (nSPS) is 12.6. The number of hydrogen-bond acceptors (Lipinski definition) is 5. The number of aromatic nitrogens is 1. The van der Waals surface area contributed by atoms with Crippen molar-refractivity contribution >= 4 is 17.6 Å². The zero-order valence-corrected chi connectivity index (χ0v) is 14.4. The molecule has 7 heteroatoms. The minimum atomic E-state index is -0.612. The highest BCUT2D eigenvalue weighted by molar-refractivity contribution is 6.23. The molecule has 4 rings (SSSR count). The molecular weight excluding hydrogens is 346 g/mol. The molecule has 1 aromatic heterocycles. The van der Waals surface area contributed by atoms with E-state index in [9.17, 15) is 14.4 Å². The number of nitrogens with one attached hydrogen (secondary N) is 1. The van der Waals surface area contributed by atoms with E-state index in [1.807, 2.05) is 36.4 Å². The maximum Gasteiger partial charge on any atom is 0.262 e. The third kappa shape index (κ3) is 2.65. The number of nitrogen functional groups attached to an aromatic ring is 1. The lowest BCUT2D eigenvalue weighted by Gasteiger charge is -2.12. The van der Waals surface area contributed by atoms with E-state index in [-0.39, 0.29) is 16.9 Å². The molecule has 0 saturated carbocycles. The van der Waals surface area contributed by atoms with E-state index in [1.165, 1.54) is 4.57 Å². The van der Waals surface area contributed by atoms with Gasteiger partial charge in [0.15, 0.2) is 0 Å². The summed E-state index contributed by atoms with van der Waals surface area (Å²) in [6.45, 7) is 0. The molecule has 0 fully saturated rings. The van der Waals surface area contributed by atoms with E-state index < -0.39 is 17.4 Å². The zero-order valence-electron chi connectivity index (χ0n) is 14.4. The van der Waals surface area contributed by atoms with Gasteiger partial charge in [-0.05, 0) is 35.4 Å². The predicted molar refractivity (Wildman–Crippen MR) is 100 cm³/mol. The van der Waals surface area contributed by atoms with Crippen molar-refractivity contribution in [1.29, 1.82) is 0 Å². The van der Waals surface area contributed by atoms with Crippen LogP contribution in [-0.4, -0.2) is 23.5 Å². The summed E-state index contributed by atoms with van der Waals surface area (Å²) in [7, 11) is 1.60. The van der Waals surface area contributed by atoms with Gasteiger partial charge in [0.05, 0.1) is 23.9 Å². The number of anilines is 1. The van der Waals surface area contributed by atoms with Crippen LogP contribution in [0.3, 0.4) is 0 Å². The molecule has 0 atom stereocenters. The van der Waals surface area contributed by atoms with Gasteiger partial charge in [0, 0.05) is 6.07 Å². The summed E-state index contributed by atoms with van der Waals surface area (Å²) in [5, 5.41) is 2.15. The summed E-state index contributed by atoms with van der Waals surface area (Å²) in [4.78, 5) is 36.2. The van der Waals surface area contributed by atoms with E-state index >= 15 is 0 Å². The predicted octanol–water partition coefficient (Wildman–Crippen LogP) is 1.98. The lowest BCUT2D eigenvalue weighted by atomic mass is 10.0. The molecule has 0 aliphatic carbocycles. The van der Waals surface area contributed by atoms with E-state index in [2.05, 4.69) is 5.32 Å². The number of rotatable bonds is 3. The zero-order chi connectivity index (χ0) is 19.1. The number of carbonyl (C=O) groups excluding carboxylic acids is 2. The summed E-state index contributed by atoms with van der Waals surface area (Å²) < 4.78 is 6.45. The van der Waals surface area contributed by atoms with Gasteiger partial charge in [-0.25, -0.2) is 0 Å². The smallest absolute Gasteiger partial charge is 0.262 e. The van der Waals surface area contributed by atoms with Crippen LogP contribution in [-0.2, 0) is 0 Å². The second kappa shape index (κ2) is 6.14. The number of nitrogens with two attached hydrogens (primary N) is 1. The molecule has 1 aliphatic heterocycles. The van der Waals surface area contributed by atoms with Gasteiger partial charge in [-0.3, -0.25) is 24.3 Å². The number of pyridine rings is 1. The van der Waals surface area contributed by atoms with Crippen LogP contribution in [0.4, 0.5) is 5.82 Å². The number of benzene rings is 2. The van der Waals surface area contributed by atoms with Crippen LogP contribution in [0.25, 0.3) is 16.8 Å². The van der Waals surface area contributed by atoms with Crippen molar-refractivity contribution in [3.8, 4) is 22.6 Å². The fourth-order valence-corrected chi connectivity index (χ4v) is 3.15. The Morgan fingerprint density at radius 2 is 1.67 bits per heavy atom. The van der Waals surface area contributed by atoms with E-state index in [0.717, 1.165) is 22.9 Å². The van der Waals surface area contributed by atoms with Gasteiger partial charge < -0.3 is 10.5 Å². The topological polar surface area (TPSA) is 103 Å². The number of hydrogen-bond donors (Lipinski definition) is 2. The second-order valence-corrected chi connectivity index (χ2v) is 6.05. The molecule has 2 aromatic carbocycles. The van der Waals surface area contributed by atoms with Gasteiger partial charge in [0.25, 0.3) is 17.4 Å². The minimum Gasteiger partial charge on any atom is -0.497 e. The fraction of sp³-hybridized carbons (Fsp3) is 0.0500. The maximum absolute atomic E-state index is 12.5. The van der Waals surface area contributed by atoms with Crippen LogP contribution in [0, 0.1) is 0 Å². The Balaban J connectivity index is 1.79. The first-order chi connectivity index (χ1) is 13.0. The van der Waals surface area contributed by atoms with Crippen molar-refractivity contribution < 1.29 is 14.3 Å². The van der Waals surface area contributed by atoms with Gasteiger partial charge in [-0.2, -0.15) is 0 Å². The van der Waals surface area contributed by atoms with Crippen molar-refractivity contribution in [2.24, 2.45) is 0 Å². The number of methoxy groups -OCH3 is 1. The highest BCUT2D eigenvalue weighted by atomic mass is 16.5. The fourth-order valence-electron chi connectivity index (χ4n) is 3.15. The van der Waals surface area contributed by atoms with Gasteiger partial charge in [-0.1, -0.05) is 24.3 Å². The van der Waals surface area contributed by atoms with Crippen LogP contribution >= 0.6 is 0 Å². The molecule has 0 saturated heterocycles. The van der Waals surface area contributed by atoms with E-state index in [4.69, 9.17) is 10.5 Å². The third-order valence-electron chi connectivity index (χ3n) is 4.48. The largest absolute Gasteiger partial charge is 0.497 e. The average Bonchev–Trinajstić information content (AvgIpc) is 2.96. The number of carbonyl (C=O) groups is 2. The quantitative estimate of drug-likeness (QED) is 0.694. The lowest BCUT2D eigenvalue weighted by Crippen LogP contribution is -2.24. The molecule has 0 radical (unpaired) electrons. The number of amides is 2. The van der Waals surface area contributed by atoms with Crippen molar-refractivity contribution in [3.05, 3.63) is 76.1 Å². The summed E-state index contributed by atoms with van der Waals surface area (Å²) in [6.07, 6.45) is 0. The lowest BCUT2D eigenvalue weighted by molar-refractivity contribution is 0.0880. The molecule has 7 nitrogen and oxygen atoms in total. The van der Waals surface area contributed by atoms with Crippen LogP contribution in [0.2, 0.25) is 0 Å². The first-order valence-electron chi connectivity index (χ1n) is 8.15. The molecule has 2 amide bonds. The monoisotopic (exact) mass is 361 g/mol. The molecule has 0 bridgehead atoms. The number of fused-ring (bicyclic) bond motifs is 1. The molecule has 0 unspecified atom stereocenters. The Hall–Kier alpha value is -3.87. The standard InChI is InChI=1S/C20H15N3O4/c1-27-14-4-2-3-12(9-14)11-5-7-13(8-6-11)23-16(24)10-15-17(18(23)21)20(26)22-19(15)25/h2-10H,21H2,1H3,(H,22,25,26). The first-order valence-corrected chi connectivity index (χ1v) is 8.15. The van der Waals surface area contributed by atoms with Crippen LogP contribution in [0.1, 0.15) is 20.7 Å². The summed E-state index contributed by atoms with van der Waals surface area (Å²) >= 11 is 0. The van der Waals surface area contributed by atoms with Crippen LogP contribution in [0.5, 0.6) is 5.75 Å². The van der Waals surface area contributed by atoms with E-state index in [0.29, 0.717) is 5.69 Å². The van der Waals surface area contributed by atoms with E-state index in [1.54, 1.807) is 19.2 Å². The minimum absolute atomic E-state index is 0.00625. The number of imide groups is 1. The Labute approximate surface area is 154 Å². The first kappa shape index (κ1) is 16.6. The number of ether oxygens (including phenoxy) is 1. The number of nitrogens with zero attached hydrogens (tertiary/aromatic N) is 1. The SMILES string of the molecule is COc1cccc(-c2ccc(-n3c(N)c4c(cc3=O)C(=O)NC4=O)cc2)c1.